The zero-order valence-electron chi connectivity index (χ0n) is 12.9. The van der Waals surface area contributed by atoms with Gasteiger partial charge in [-0.1, -0.05) is 18.2 Å². The van der Waals surface area contributed by atoms with E-state index in [9.17, 15) is 4.79 Å². The van der Waals surface area contributed by atoms with E-state index in [0.29, 0.717) is 29.4 Å². The van der Waals surface area contributed by atoms with Crippen molar-refractivity contribution in [2.24, 2.45) is 0 Å². The van der Waals surface area contributed by atoms with Gasteiger partial charge in [-0.2, -0.15) is 0 Å². The molecule has 0 heterocycles. The zero-order chi connectivity index (χ0) is 15.9. The number of amides is 1. The number of carbonyl (C=O) groups is 1. The number of ether oxygens (including phenoxy) is 3. The van der Waals surface area contributed by atoms with Gasteiger partial charge in [0.1, 0.15) is 5.75 Å². The van der Waals surface area contributed by atoms with Crippen LogP contribution in [0.5, 0.6) is 17.2 Å². The van der Waals surface area contributed by atoms with Crippen molar-refractivity contribution in [3.63, 3.8) is 0 Å². The minimum absolute atomic E-state index is 0.177. The Morgan fingerprint density at radius 2 is 1.77 bits per heavy atom. The summed E-state index contributed by atoms with van der Waals surface area (Å²) in [5, 5.41) is 2.86. The van der Waals surface area contributed by atoms with E-state index in [-0.39, 0.29) is 5.91 Å². The lowest BCUT2D eigenvalue weighted by Crippen LogP contribution is -2.23. The van der Waals surface area contributed by atoms with Gasteiger partial charge >= 0.3 is 0 Å². The molecule has 0 radical (unpaired) electrons. The predicted molar refractivity (Wildman–Crippen MR) is 83.7 cm³/mol. The van der Waals surface area contributed by atoms with Gasteiger partial charge < -0.3 is 19.5 Å². The van der Waals surface area contributed by atoms with Crippen LogP contribution in [-0.2, 0) is 6.54 Å². The molecule has 0 unspecified atom stereocenters. The molecule has 116 valence electrons. The average Bonchev–Trinajstić information content (AvgIpc) is 2.59. The largest absolute Gasteiger partial charge is 0.497 e. The number of carbonyl (C=O) groups excluding carboxylic acids is 1. The normalized spacial score (nSPS) is 9.95. The second-order valence-electron chi connectivity index (χ2n) is 4.57. The monoisotopic (exact) mass is 301 g/mol. The van der Waals surface area contributed by atoms with E-state index >= 15 is 0 Å². The second-order valence-corrected chi connectivity index (χ2v) is 4.57. The maximum atomic E-state index is 12.2. The first kappa shape index (κ1) is 15.7. The van der Waals surface area contributed by atoms with Crippen molar-refractivity contribution in [1.82, 2.24) is 5.32 Å². The average molecular weight is 301 g/mol. The van der Waals surface area contributed by atoms with E-state index in [2.05, 4.69) is 5.32 Å². The third-order valence-corrected chi connectivity index (χ3v) is 3.26. The molecule has 2 rings (SSSR count). The highest BCUT2D eigenvalue weighted by atomic mass is 16.5. The predicted octanol–water partition coefficient (Wildman–Crippen LogP) is 2.64. The molecule has 22 heavy (non-hydrogen) atoms. The van der Waals surface area contributed by atoms with Crippen LogP contribution in [0.25, 0.3) is 0 Å². The lowest BCUT2D eigenvalue weighted by molar-refractivity contribution is 0.0950. The highest BCUT2D eigenvalue weighted by Gasteiger charge is 2.11. The van der Waals surface area contributed by atoms with Crippen LogP contribution < -0.4 is 19.5 Å². The number of methoxy groups -OCH3 is 3. The van der Waals surface area contributed by atoms with E-state index in [4.69, 9.17) is 14.2 Å². The Hall–Kier alpha value is -2.69. The molecule has 0 aromatic heterocycles. The molecular formula is C17H19NO4. The van der Waals surface area contributed by atoms with Gasteiger partial charge in [0.2, 0.25) is 0 Å². The first-order chi connectivity index (χ1) is 10.7. The smallest absolute Gasteiger partial charge is 0.251 e. The molecule has 2 aromatic carbocycles. The number of hydrogen-bond donors (Lipinski definition) is 1. The molecule has 0 fully saturated rings. The van der Waals surface area contributed by atoms with Crippen molar-refractivity contribution >= 4 is 5.91 Å². The van der Waals surface area contributed by atoms with Crippen LogP contribution in [0.2, 0.25) is 0 Å². The highest BCUT2D eigenvalue weighted by Crippen LogP contribution is 2.30. The summed E-state index contributed by atoms with van der Waals surface area (Å²) in [6.07, 6.45) is 0. The Morgan fingerprint density at radius 1 is 1.00 bits per heavy atom. The quantitative estimate of drug-likeness (QED) is 0.891. The minimum atomic E-state index is -0.177. The van der Waals surface area contributed by atoms with Crippen molar-refractivity contribution < 1.29 is 19.0 Å². The molecule has 0 aliphatic carbocycles. The van der Waals surface area contributed by atoms with Gasteiger partial charge in [-0.25, -0.2) is 0 Å². The highest BCUT2D eigenvalue weighted by molar-refractivity contribution is 5.94. The molecule has 0 bridgehead atoms. The SMILES string of the molecule is COc1cccc(C(=O)NCc2cccc(OC)c2OC)c1. The van der Waals surface area contributed by atoms with Crippen LogP contribution in [0.1, 0.15) is 15.9 Å². The third kappa shape index (κ3) is 3.49. The van der Waals surface area contributed by atoms with Crippen LogP contribution in [0.3, 0.4) is 0 Å². The summed E-state index contributed by atoms with van der Waals surface area (Å²) in [5.41, 5.74) is 1.39. The molecule has 0 saturated heterocycles. The fourth-order valence-corrected chi connectivity index (χ4v) is 2.13. The van der Waals surface area contributed by atoms with Gasteiger partial charge in [0.25, 0.3) is 5.91 Å². The van der Waals surface area contributed by atoms with Gasteiger partial charge in [0.15, 0.2) is 11.5 Å². The van der Waals surface area contributed by atoms with Crippen molar-refractivity contribution in [3.05, 3.63) is 53.6 Å². The second kappa shape index (κ2) is 7.36. The molecule has 0 spiro atoms. The summed E-state index contributed by atoms with van der Waals surface area (Å²) in [4.78, 5) is 12.2. The molecule has 5 nitrogen and oxygen atoms in total. The van der Waals surface area contributed by atoms with Crippen LogP contribution in [0.15, 0.2) is 42.5 Å². The zero-order valence-corrected chi connectivity index (χ0v) is 12.9. The minimum Gasteiger partial charge on any atom is -0.497 e. The van der Waals surface area contributed by atoms with Gasteiger partial charge in [-0.3, -0.25) is 4.79 Å². The molecule has 1 amide bonds. The van der Waals surface area contributed by atoms with E-state index in [1.165, 1.54) is 0 Å². The molecule has 2 aromatic rings. The van der Waals surface area contributed by atoms with Gasteiger partial charge in [0, 0.05) is 17.7 Å². The maximum Gasteiger partial charge on any atom is 0.251 e. The Labute approximate surface area is 129 Å². The standard InChI is InChI=1S/C17H19NO4/c1-20-14-8-4-6-12(10-14)17(19)18-11-13-7-5-9-15(21-2)16(13)22-3/h4-10H,11H2,1-3H3,(H,18,19). The summed E-state index contributed by atoms with van der Waals surface area (Å²) in [5.74, 6) is 1.72. The van der Waals surface area contributed by atoms with E-state index < -0.39 is 0 Å². The fraction of sp³-hybridized carbons (Fsp3) is 0.235. The van der Waals surface area contributed by atoms with E-state index in [1.807, 2.05) is 18.2 Å². The summed E-state index contributed by atoms with van der Waals surface area (Å²) in [6, 6.07) is 12.5. The van der Waals surface area contributed by atoms with Crippen LogP contribution in [0.4, 0.5) is 0 Å². The molecule has 5 heteroatoms. The summed E-state index contributed by atoms with van der Waals surface area (Å²) in [6.45, 7) is 0.344. The first-order valence-corrected chi connectivity index (χ1v) is 6.81. The Kier molecular flexibility index (Phi) is 5.25. The third-order valence-electron chi connectivity index (χ3n) is 3.26. The van der Waals surface area contributed by atoms with Crippen LogP contribution in [0, 0.1) is 0 Å². The number of para-hydroxylation sites is 1. The topological polar surface area (TPSA) is 56.8 Å². The first-order valence-electron chi connectivity index (χ1n) is 6.81. The molecule has 1 N–H and O–H groups in total. The lowest BCUT2D eigenvalue weighted by Gasteiger charge is -2.13. The Morgan fingerprint density at radius 3 is 2.45 bits per heavy atom. The van der Waals surface area contributed by atoms with Crippen LogP contribution >= 0.6 is 0 Å². The maximum absolute atomic E-state index is 12.2. The summed E-state index contributed by atoms with van der Waals surface area (Å²) >= 11 is 0. The summed E-state index contributed by atoms with van der Waals surface area (Å²) in [7, 11) is 4.72. The van der Waals surface area contributed by atoms with Crippen molar-refractivity contribution in [1.29, 1.82) is 0 Å². The molecule has 0 aliphatic rings. The van der Waals surface area contributed by atoms with E-state index in [0.717, 1.165) is 5.56 Å². The van der Waals surface area contributed by atoms with Gasteiger partial charge in [0.05, 0.1) is 21.3 Å². The Balaban J connectivity index is 2.11. The molecule has 0 saturated carbocycles. The number of rotatable bonds is 6. The van der Waals surface area contributed by atoms with Gasteiger partial charge in [-0.15, -0.1) is 0 Å². The molecule has 0 aliphatic heterocycles. The molecular weight excluding hydrogens is 282 g/mol. The number of nitrogens with one attached hydrogen (secondary N) is 1. The van der Waals surface area contributed by atoms with Crippen LogP contribution in [-0.4, -0.2) is 27.2 Å². The fourth-order valence-electron chi connectivity index (χ4n) is 2.13. The van der Waals surface area contributed by atoms with Crippen molar-refractivity contribution in [2.75, 3.05) is 21.3 Å². The lowest BCUT2D eigenvalue weighted by atomic mass is 10.1. The summed E-state index contributed by atoms with van der Waals surface area (Å²) < 4.78 is 15.7. The van der Waals surface area contributed by atoms with Crippen molar-refractivity contribution in [3.8, 4) is 17.2 Å². The number of benzene rings is 2. The van der Waals surface area contributed by atoms with Crippen molar-refractivity contribution in [2.45, 2.75) is 6.54 Å². The van der Waals surface area contributed by atoms with E-state index in [1.54, 1.807) is 45.6 Å². The Bertz CT molecular complexity index is 655. The number of hydrogen-bond acceptors (Lipinski definition) is 4. The molecule has 0 atom stereocenters. The van der Waals surface area contributed by atoms with Gasteiger partial charge in [-0.05, 0) is 24.3 Å².